The number of nitrogens with zero attached hydrogens (tertiary/aromatic N) is 1. The van der Waals surface area contributed by atoms with Crippen molar-refractivity contribution in [1.82, 2.24) is 0 Å². The normalized spacial score (nSPS) is 20.0. The lowest BCUT2D eigenvalue weighted by Crippen LogP contribution is -2.42. The van der Waals surface area contributed by atoms with Gasteiger partial charge in [-0.25, -0.2) is 0 Å². The van der Waals surface area contributed by atoms with E-state index in [-0.39, 0.29) is 32.5 Å². The number of rotatable bonds is 5. The molecule has 0 heterocycles. The van der Waals surface area contributed by atoms with E-state index in [4.69, 9.17) is 0 Å². The van der Waals surface area contributed by atoms with Gasteiger partial charge in [-0.1, -0.05) is 168 Å². The molecule has 0 saturated heterocycles. The molecule has 7 rings (SSSR count). The van der Waals surface area contributed by atoms with Gasteiger partial charge in [0.1, 0.15) is 0 Å². The summed E-state index contributed by atoms with van der Waals surface area (Å²) in [4.78, 5) is 2.44. The minimum Gasteiger partial charge on any atom is -0.310 e. The summed E-state index contributed by atoms with van der Waals surface area (Å²) in [6.07, 6.45) is 0. The minimum atomic E-state index is 0.0271. The van der Waals surface area contributed by atoms with Gasteiger partial charge in [0, 0.05) is 16.9 Å². The summed E-state index contributed by atoms with van der Waals surface area (Å²) >= 11 is 0. The van der Waals surface area contributed by atoms with E-state index in [1.54, 1.807) is 0 Å². The van der Waals surface area contributed by atoms with E-state index in [0.29, 0.717) is 0 Å². The number of anilines is 3. The number of hydrogen-bond acceptors (Lipinski definition) is 1. The first-order valence-electron chi connectivity index (χ1n) is 18.2. The Bertz CT molecular complexity index is 2010. The Morgan fingerprint density at radius 3 is 1.18 bits per heavy atom. The van der Waals surface area contributed by atoms with Gasteiger partial charge in [-0.05, 0) is 102 Å². The van der Waals surface area contributed by atoms with E-state index >= 15 is 0 Å². The highest BCUT2D eigenvalue weighted by Gasteiger charge is 2.57. The maximum atomic E-state index is 2.50. The summed E-state index contributed by atoms with van der Waals surface area (Å²) in [7, 11) is 0. The van der Waals surface area contributed by atoms with Crippen LogP contribution >= 0.6 is 0 Å². The van der Waals surface area contributed by atoms with Gasteiger partial charge >= 0.3 is 0 Å². The van der Waals surface area contributed by atoms with Crippen molar-refractivity contribution in [1.29, 1.82) is 0 Å². The fourth-order valence-corrected chi connectivity index (χ4v) is 9.19. The van der Waals surface area contributed by atoms with E-state index in [9.17, 15) is 0 Å². The molecule has 0 N–H and O–H groups in total. The van der Waals surface area contributed by atoms with Gasteiger partial charge < -0.3 is 4.90 Å². The third-order valence-corrected chi connectivity index (χ3v) is 14.9. The largest absolute Gasteiger partial charge is 0.310 e. The monoisotopic (exact) mass is 645 g/mol. The molecule has 1 nitrogen and oxygen atoms in total. The Hall–Kier alpha value is -4.10. The van der Waals surface area contributed by atoms with Crippen LogP contribution in [0.4, 0.5) is 17.1 Å². The van der Waals surface area contributed by atoms with Crippen molar-refractivity contribution in [3.8, 4) is 22.3 Å². The van der Waals surface area contributed by atoms with Gasteiger partial charge in [-0.2, -0.15) is 0 Å². The van der Waals surface area contributed by atoms with Crippen molar-refractivity contribution >= 4 is 17.1 Å². The van der Waals surface area contributed by atoms with Gasteiger partial charge in [0.2, 0.25) is 0 Å². The first kappa shape index (κ1) is 33.4. The Morgan fingerprint density at radius 1 is 0.347 bits per heavy atom. The molecule has 0 amide bonds. The molecule has 1 heteroatoms. The van der Waals surface area contributed by atoms with Crippen LogP contribution in [-0.4, -0.2) is 0 Å². The molecule has 252 valence electrons. The highest BCUT2D eigenvalue weighted by Crippen LogP contribution is 2.63. The summed E-state index contributed by atoms with van der Waals surface area (Å²) in [5.41, 5.74) is 14.8. The molecule has 5 aromatic carbocycles. The van der Waals surface area contributed by atoms with Crippen molar-refractivity contribution in [2.75, 3.05) is 4.90 Å². The third-order valence-electron chi connectivity index (χ3n) is 14.9. The van der Waals surface area contributed by atoms with Gasteiger partial charge in [0.25, 0.3) is 0 Å². The van der Waals surface area contributed by atoms with Gasteiger partial charge in [-0.15, -0.1) is 0 Å². The molecule has 2 aliphatic carbocycles. The molecule has 0 bridgehead atoms. The van der Waals surface area contributed by atoms with Gasteiger partial charge in [0.15, 0.2) is 0 Å². The average Bonchev–Trinajstić information content (AvgIpc) is 3.25. The zero-order chi connectivity index (χ0) is 35.4. The van der Waals surface area contributed by atoms with Crippen molar-refractivity contribution in [3.63, 3.8) is 0 Å². The summed E-state index contributed by atoms with van der Waals surface area (Å²) in [5.74, 6) is 0. The third kappa shape index (κ3) is 4.50. The minimum absolute atomic E-state index is 0.0271. The predicted octanol–water partition coefficient (Wildman–Crippen LogP) is 13.7. The quantitative estimate of drug-likeness (QED) is 0.184. The van der Waals surface area contributed by atoms with Crippen molar-refractivity contribution in [2.24, 2.45) is 10.8 Å². The summed E-state index contributed by atoms with van der Waals surface area (Å²) in [6.45, 7) is 29.2. The second-order valence-corrected chi connectivity index (χ2v) is 18.0. The molecule has 5 aromatic rings. The number of fused-ring (bicyclic) bond motifs is 2. The molecule has 0 unspecified atom stereocenters. The molecule has 0 fully saturated rings. The standard InChI is InChI=1S/C48H55N/c1-43(2)38-27-24-32(29-40(38)45(5,6)47(43,9)10)33-23-26-37(34-25-28-39-41(30-34)46(7,8)48(11,12)44(39,3)4)42(31-33)49(35-19-15-13-16-20-35)36-21-17-14-18-22-36/h13-31H,1-12H3. The Morgan fingerprint density at radius 2 is 0.714 bits per heavy atom. The average molecular weight is 646 g/mol. The number of para-hydroxylation sites is 2. The number of hydrogen-bond donors (Lipinski definition) is 0. The molecule has 0 spiro atoms. The van der Waals surface area contributed by atoms with E-state index in [1.165, 1.54) is 50.2 Å². The number of benzene rings is 5. The van der Waals surface area contributed by atoms with Crippen LogP contribution in [0, 0.1) is 10.8 Å². The van der Waals surface area contributed by atoms with Crippen LogP contribution in [-0.2, 0) is 21.7 Å². The fourth-order valence-electron chi connectivity index (χ4n) is 9.19. The van der Waals surface area contributed by atoms with E-state index in [2.05, 4.69) is 203 Å². The Labute approximate surface area is 296 Å². The van der Waals surface area contributed by atoms with Crippen LogP contribution in [0.2, 0.25) is 0 Å². The highest BCUT2D eigenvalue weighted by atomic mass is 15.1. The van der Waals surface area contributed by atoms with Gasteiger partial charge in [0.05, 0.1) is 5.69 Å². The van der Waals surface area contributed by atoms with E-state index in [1.807, 2.05) is 0 Å². The first-order valence-corrected chi connectivity index (χ1v) is 18.2. The first-order chi connectivity index (χ1) is 22.9. The molecule has 0 aromatic heterocycles. The summed E-state index contributed by atoms with van der Waals surface area (Å²) in [5, 5.41) is 0. The Kier molecular flexibility index (Phi) is 7.29. The molecule has 0 saturated carbocycles. The molecule has 2 aliphatic rings. The van der Waals surface area contributed by atoms with Crippen LogP contribution in [0.3, 0.4) is 0 Å². The topological polar surface area (TPSA) is 3.24 Å². The Balaban J connectivity index is 1.47. The second kappa shape index (κ2) is 10.7. The van der Waals surface area contributed by atoms with Crippen LogP contribution in [0.15, 0.2) is 115 Å². The summed E-state index contributed by atoms with van der Waals surface area (Å²) < 4.78 is 0. The maximum Gasteiger partial charge on any atom is 0.0546 e. The molecular weight excluding hydrogens is 591 g/mol. The zero-order valence-corrected chi connectivity index (χ0v) is 31.9. The highest BCUT2D eigenvalue weighted by molar-refractivity contribution is 5.91. The molecule has 0 radical (unpaired) electrons. The smallest absolute Gasteiger partial charge is 0.0546 e. The maximum absolute atomic E-state index is 2.50. The van der Waals surface area contributed by atoms with Crippen LogP contribution in [0.1, 0.15) is 105 Å². The SMILES string of the molecule is CC1(C)c2ccc(-c3ccc(-c4ccc5c(c4)C(C)(C)C(C)(C)C5(C)C)c(N(c4ccccc4)c4ccccc4)c3)cc2C(C)(C)C1(C)C. The van der Waals surface area contributed by atoms with Crippen LogP contribution in [0.5, 0.6) is 0 Å². The van der Waals surface area contributed by atoms with Crippen molar-refractivity contribution in [3.05, 3.63) is 138 Å². The summed E-state index contributed by atoms with van der Waals surface area (Å²) in [6, 6.07) is 43.4. The lowest BCUT2D eigenvalue weighted by Gasteiger charge is -2.44. The second-order valence-electron chi connectivity index (χ2n) is 18.0. The lowest BCUT2D eigenvalue weighted by molar-refractivity contribution is 0.125. The van der Waals surface area contributed by atoms with Crippen LogP contribution in [0.25, 0.3) is 22.3 Å². The van der Waals surface area contributed by atoms with Crippen molar-refractivity contribution < 1.29 is 0 Å². The zero-order valence-electron chi connectivity index (χ0n) is 31.9. The van der Waals surface area contributed by atoms with E-state index in [0.717, 1.165) is 11.4 Å². The van der Waals surface area contributed by atoms with Gasteiger partial charge in [-0.3, -0.25) is 0 Å². The van der Waals surface area contributed by atoms with E-state index < -0.39 is 0 Å². The molecule has 49 heavy (non-hydrogen) atoms. The molecular formula is C48H55N. The van der Waals surface area contributed by atoms with Crippen LogP contribution < -0.4 is 4.90 Å². The fraction of sp³-hybridized carbons (Fsp3) is 0.375. The van der Waals surface area contributed by atoms with Crippen molar-refractivity contribution in [2.45, 2.75) is 105 Å². The molecule has 0 aliphatic heterocycles. The molecule has 0 atom stereocenters. The predicted molar refractivity (Wildman–Crippen MR) is 212 cm³/mol. The lowest BCUT2D eigenvalue weighted by atomic mass is 9.59.